The Morgan fingerprint density at radius 3 is 2.40 bits per heavy atom. The SMILES string of the molecule is CCC(C)(CC)NC(=O)NCc1ccc(C(=O)O)nc1. The average molecular weight is 279 g/mol. The third-order valence-electron chi connectivity index (χ3n) is 3.47. The monoisotopic (exact) mass is 279 g/mol. The van der Waals surface area contributed by atoms with Crippen LogP contribution in [0.4, 0.5) is 4.79 Å². The topological polar surface area (TPSA) is 91.3 Å². The molecule has 0 bridgehead atoms. The summed E-state index contributed by atoms with van der Waals surface area (Å²) >= 11 is 0. The zero-order valence-electron chi connectivity index (χ0n) is 12.1. The number of carboxylic acid groups (broad SMARTS) is 1. The van der Waals surface area contributed by atoms with Gasteiger partial charge < -0.3 is 15.7 Å². The number of aromatic nitrogens is 1. The first-order chi connectivity index (χ1) is 9.40. The van der Waals surface area contributed by atoms with Crippen molar-refractivity contribution in [2.24, 2.45) is 0 Å². The highest BCUT2D eigenvalue weighted by Gasteiger charge is 2.21. The molecule has 3 N–H and O–H groups in total. The number of amides is 2. The van der Waals surface area contributed by atoms with Crippen LogP contribution in [0.2, 0.25) is 0 Å². The van der Waals surface area contributed by atoms with E-state index >= 15 is 0 Å². The Hall–Kier alpha value is -2.11. The van der Waals surface area contributed by atoms with Gasteiger partial charge in [-0.25, -0.2) is 14.6 Å². The lowest BCUT2D eigenvalue weighted by atomic mass is 9.96. The van der Waals surface area contributed by atoms with Crippen molar-refractivity contribution in [1.29, 1.82) is 0 Å². The van der Waals surface area contributed by atoms with Crippen LogP contribution in [0.1, 0.15) is 49.7 Å². The summed E-state index contributed by atoms with van der Waals surface area (Å²) in [5.41, 5.74) is 0.526. The average Bonchev–Trinajstić information content (AvgIpc) is 2.45. The maximum atomic E-state index is 11.8. The van der Waals surface area contributed by atoms with E-state index in [0.717, 1.165) is 18.4 Å². The first-order valence-electron chi connectivity index (χ1n) is 6.64. The van der Waals surface area contributed by atoms with Crippen LogP contribution in [0.15, 0.2) is 18.3 Å². The Morgan fingerprint density at radius 2 is 1.95 bits per heavy atom. The number of urea groups is 1. The smallest absolute Gasteiger partial charge is 0.354 e. The molecule has 0 radical (unpaired) electrons. The van der Waals surface area contributed by atoms with Gasteiger partial charge in [0.15, 0.2) is 0 Å². The minimum absolute atomic E-state index is 0.0113. The second kappa shape index (κ2) is 6.88. The predicted molar refractivity (Wildman–Crippen MR) is 75.6 cm³/mol. The lowest BCUT2D eigenvalue weighted by Crippen LogP contribution is -2.49. The van der Waals surface area contributed by atoms with E-state index in [1.807, 2.05) is 20.8 Å². The molecule has 0 aliphatic heterocycles. The molecular formula is C14H21N3O3. The van der Waals surface area contributed by atoms with Gasteiger partial charge in [0.1, 0.15) is 5.69 Å². The molecule has 110 valence electrons. The molecule has 0 fully saturated rings. The van der Waals surface area contributed by atoms with Crippen LogP contribution in [0, 0.1) is 0 Å². The van der Waals surface area contributed by atoms with Crippen LogP contribution in [0.25, 0.3) is 0 Å². The number of nitrogens with one attached hydrogen (secondary N) is 2. The van der Waals surface area contributed by atoms with Gasteiger partial charge in [0.2, 0.25) is 0 Å². The molecule has 0 aliphatic carbocycles. The van der Waals surface area contributed by atoms with Gasteiger partial charge >= 0.3 is 12.0 Å². The van der Waals surface area contributed by atoms with E-state index in [4.69, 9.17) is 5.11 Å². The molecule has 1 rings (SSSR count). The van der Waals surface area contributed by atoms with Gasteiger partial charge in [0, 0.05) is 18.3 Å². The maximum Gasteiger partial charge on any atom is 0.354 e. The van der Waals surface area contributed by atoms with E-state index in [1.54, 1.807) is 6.07 Å². The fourth-order valence-corrected chi connectivity index (χ4v) is 1.58. The molecule has 1 aromatic heterocycles. The highest BCUT2D eigenvalue weighted by molar-refractivity contribution is 5.85. The minimum atomic E-state index is -1.07. The minimum Gasteiger partial charge on any atom is -0.477 e. The van der Waals surface area contributed by atoms with Crippen molar-refractivity contribution < 1.29 is 14.7 Å². The molecule has 1 aromatic rings. The number of carbonyl (C=O) groups excluding carboxylic acids is 1. The number of hydrogen-bond donors (Lipinski definition) is 3. The lowest BCUT2D eigenvalue weighted by molar-refractivity contribution is 0.0690. The number of nitrogens with zero attached hydrogens (tertiary/aromatic N) is 1. The molecule has 0 aliphatic rings. The third kappa shape index (κ3) is 4.53. The number of pyridine rings is 1. The molecule has 6 heteroatoms. The Bertz CT molecular complexity index is 467. The number of aromatic carboxylic acids is 1. The summed E-state index contributed by atoms with van der Waals surface area (Å²) in [5, 5.41) is 14.4. The van der Waals surface area contributed by atoms with Crippen LogP contribution in [0.3, 0.4) is 0 Å². The standard InChI is InChI=1S/C14H21N3O3/c1-4-14(3,5-2)17-13(20)16-9-10-6-7-11(12(18)19)15-8-10/h6-8H,4-5,9H2,1-3H3,(H,18,19)(H2,16,17,20). The van der Waals surface area contributed by atoms with E-state index < -0.39 is 5.97 Å². The summed E-state index contributed by atoms with van der Waals surface area (Å²) in [6, 6.07) is 2.81. The third-order valence-corrected chi connectivity index (χ3v) is 3.47. The quantitative estimate of drug-likeness (QED) is 0.744. The van der Waals surface area contributed by atoms with Gasteiger partial charge in [0.05, 0.1) is 0 Å². The van der Waals surface area contributed by atoms with E-state index in [9.17, 15) is 9.59 Å². The zero-order chi connectivity index (χ0) is 15.2. The van der Waals surface area contributed by atoms with Crippen LogP contribution in [0.5, 0.6) is 0 Å². The van der Waals surface area contributed by atoms with Gasteiger partial charge in [-0.1, -0.05) is 19.9 Å². The summed E-state index contributed by atoms with van der Waals surface area (Å²) in [7, 11) is 0. The maximum absolute atomic E-state index is 11.8. The Morgan fingerprint density at radius 1 is 1.30 bits per heavy atom. The van der Waals surface area contributed by atoms with Crippen molar-refractivity contribution >= 4 is 12.0 Å². The molecule has 0 saturated heterocycles. The molecule has 0 spiro atoms. The van der Waals surface area contributed by atoms with Gasteiger partial charge in [-0.15, -0.1) is 0 Å². The van der Waals surface area contributed by atoms with Crippen molar-refractivity contribution in [2.45, 2.75) is 45.7 Å². The molecule has 0 saturated carbocycles. The molecule has 2 amide bonds. The summed E-state index contributed by atoms with van der Waals surface area (Å²) in [4.78, 5) is 26.2. The van der Waals surface area contributed by atoms with Gasteiger partial charge in [-0.3, -0.25) is 0 Å². The highest BCUT2D eigenvalue weighted by atomic mass is 16.4. The first kappa shape index (κ1) is 15.9. The normalized spacial score (nSPS) is 10.9. The number of rotatable bonds is 6. The van der Waals surface area contributed by atoms with Crippen molar-refractivity contribution in [3.05, 3.63) is 29.6 Å². The molecule has 0 unspecified atom stereocenters. The van der Waals surface area contributed by atoms with E-state index in [2.05, 4.69) is 15.6 Å². The Kier molecular flexibility index (Phi) is 5.49. The second-order valence-corrected chi connectivity index (χ2v) is 4.93. The fourth-order valence-electron chi connectivity index (χ4n) is 1.58. The molecule has 1 heterocycles. The molecule has 0 aromatic carbocycles. The number of carbonyl (C=O) groups is 2. The number of hydrogen-bond acceptors (Lipinski definition) is 3. The van der Waals surface area contributed by atoms with Crippen LogP contribution in [-0.4, -0.2) is 27.6 Å². The van der Waals surface area contributed by atoms with Crippen LogP contribution in [-0.2, 0) is 6.54 Å². The Labute approximate surface area is 118 Å². The van der Waals surface area contributed by atoms with E-state index in [1.165, 1.54) is 12.3 Å². The molecule has 20 heavy (non-hydrogen) atoms. The highest BCUT2D eigenvalue weighted by Crippen LogP contribution is 2.13. The van der Waals surface area contributed by atoms with Crippen LogP contribution < -0.4 is 10.6 Å². The van der Waals surface area contributed by atoms with Gasteiger partial charge in [-0.05, 0) is 31.4 Å². The van der Waals surface area contributed by atoms with Crippen LogP contribution >= 0.6 is 0 Å². The second-order valence-electron chi connectivity index (χ2n) is 4.93. The van der Waals surface area contributed by atoms with Gasteiger partial charge in [-0.2, -0.15) is 0 Å². The summed E-state index contributed by atoms with van der Waals surface area (Å²) in [6.07, 6.45) is 3.15. The van der Waals surface area contributed by atoms with Gasteiger partial charge in [0.25, 0.3) is 0 Å². The Balaban J connectivity index is 2.50. The summed E-state index contributed by atoms with van der Waals surface area (Å²) in [6.45, 7) is 6.36. The van der Waals surface area contributed by atoms with Crippen molar-refractivity contribution in [3.8, 4) is 0 Å². The van der Waals surface area contributed by atoms with Crippen molar-refractivity contribution in [1.82, 2.24) is 15.6 Å². The largest absolute Gasteiger partial charge is 0.477 e. The summed E-state index contributed by atoms with van der Waals surface area (Å²) < 4.78 is 0. The number of carboxylic acids is 1. The molecule has 0 atom stereocenters. The molecule has 6 nitrogen and oxygen atoms in total. The lowest BCUT2D eigenvalue weighted by Gasteiger charge is -2.28. The van der Waals surface area contributed by atoms with E-state index in [0.29, 0.717) is 6.54 Å². The summed E-state index contributed by atoms with van der Waals surface area (Å²) in [5.74, 6) is -1.07. The predicted octanol–water partition coefficient (Wildman–Crippen LogP) is 2.16. The first-order valence-corrected chi connectivity index (χ1v) is 6.64. The zero-order valence-corrected chi connectivity index (χ0v) is 12.1. The fraction of sp³-hybridized carbons (Fsp3) is 0.500. The molecular weight excluding hydrogens is 258 g/mol. The van der Waals surface area contributed by atoms with Crippen molar-refractivity contribution in [3.63, 3.8) is 0 Å². The van der Waals surface area contributed by atoms with E-state index in [-0.39, 0.29) is 17.3 Å². The van der Waals surface area contributed by atoms with Crippen molar-refractivity contribution in [2.75, 3.05) is 0 Å².